The van der Waals surface area contributed by atoms with Gasteiger partial charge in [-0.25, -0.2) is 19.8 Å². The minimum absolute atomic E-state index is 0.333. The summed E-state index contributed by atoms with van der Waals surface area (Å²) in [4.78, 5) is 41.8. The number of rotatable bonds is 4. The Morgan fingerprint density at radius 3 is 1.95 bits per heavy atom. The SMILES string of the molecule is Nc1ccnc2ccccc12.O=C(Nc1ccccn1)Nc1ccnc2ccccc12.O=CC=Nc1ccccn1. The maximum Gasteiger partial charge on any atom is 0.324 e. The van der Waals surface area contributed by atoms with Gasteiger partial charge in [0.05, 0.1) is 22.9 Å². The molecule has 0 aliphatic heterocycles. The summed E-state index contributed by atoms with van der Waals surface area (Å²) in [6.45, 7) is 0. The Morgan fingerprint density at radius 1 is 0.659 bits per heavy atom. The minimum atomic E-state index is -0.333. The summed E-state index contributed by atoms with van der Waals surface area (Å²) in [5.74, 6) is 1.05. The van der Waals surface area contributed by atoms with Crippen LogP contribution in [0.2, 0.25) is 0 Å². The predicted molar refractivity (Wildman–Crippen MR) is 163 cm³/mol. The Kier molecular flexibility index (Phi) is 10.1. The molecule has 0 bridgehead atoms. The molecular formula is C31H26N8O2. The van der Waals surface area contributed by atoms with E-state index in [-0.39, 0.29) is 6.03 Å². The Labute approximate surface area is 236 Å². The second-order valence-corrected chi connectivity index (χ2v) is 8.19. The first-order valence-corrected chi connectivity index (χ1v) is 12.4. The third-order valence-electron chi connectivity index (χ3n) is 5.40. The molecule has 6 rings (SSSR count). The number of nitrogens with one attached hydrogen (secondary N) is 2. The molecule has 202 valence electrons. The van der Waals surface area contributed by atoms with Crippen LogP contribution in [0.1, 0.15) is 0 Å². The Balaban J connectivity index is 0.000000156. The topological polar surface area (TPSA) is 148 Å². The molecule has 0 aliphatic carbocycles. The van der Waals surface area contributed by atoms with Crippen molar-refractivity contribution in [3.8, 4) is 0 Å². The smallest absolute Gasteiger partial charge is 0.324 e. The molecule has 4 heterocycles. The van der Waals surface area contributed by atoms with E-state index in [2.05, 4.69) is 35.6 Å². The van der Waals surface area contributed by atoms with Crippen LogP contribution in [0, 0.1) is 0 Å². The van der Waals surface area contributed by atoms with Gasteiger partial charge >= 0.3 is 6.03 Å². The van der Waals surface area contributed by atoms with Crippen LogP contribution >= 0.6 is 0 Å². The number of aliphatic imine (C=N–C) groups is 1. The standard InChI is InChI=1S/C15H12N4O.C9H8N2.C7H6N2O/c20-15(19-14-7-3-4-9-17-14)18-13-8-10-16-12-6-2-1-5-11(12)13;10-8-5-6-11-9-4-2-1-3-7(8)9;10-6-5-9-7-3-1-2-4-8-7/h1-10H,(H2,16,17,18,19,20);1-6H,(H2,10,11);1-6H. The monoisotopic (exact) mass is 542 g/mol. The van der Waals surface area contributed by atoms with Crippen LogP contribution in [0.5, 0.6) is 0 Å². The fourth-order valence-corrected chi connectivity index (χ4v) is 3.57. The van der Waals surface area contributed by atoms with Crippen molar-refractivity contribution >= 4 is 63.3 Å². The molecule has 0 saturated carbocycles. The Bertz CT molecular complexity index is 1740. The van der Waals surface area contributed by atoms with E-state index in [1.165, 1.54) is 6.21 Å². The summed E-state index contributed by atoms with van der Waals surface area (Å²) in [5, 5.41) is 7.39. The predicted octanol–water partition coefficient (Wildman–Crippen LogP) is 6.07. The van der Waals surface area contributed by atoms with Gasteiger partial charge < -0.3 is 11.1 Å². The van der Waals surface area contributed by atoms with Gasteiger partial charge in [0.15, 0.2) is 12.1 Å². The number of nitrogens with two attached hydrogens (primary N) is 1. The molecule has 0 radical (unpaired) electrons. The van der Waals surface area contributed by atoms with Gasteiger partial charge in [0.2, 0.25) is 0 Å². The van der Waals surface area contributed by atoms with Crippen molar-refractivity contribution < 1.29 is 9.59 Å². The molecule has 4 N–H and O–H groups in total. The van der Waals surface area contributed by atoms with Crippen molar-refractivity contribution in [2.45, 2.75) is 0 Å². The zero-order chi connectivity index (χ0) is 28.7. The van der Waals surface area contributed by atoms with Gasteiger partial charge in [-0.15, -0.1) is 0 Å². The summed E-state index contributed by atoms with van der Waals surface area (Å²) in [7, 11) is 0. The van der Waals surface area contributed by atoms with Gasteiger partial charge in [-0.3, -0.25) is 20.1 Å². The number of urea groups is 1. The molecule has 0 unspecified atom stereocenters. The van der Waals surface area contributed by atoms with E-state index < -0.39 is 0 Å². The lowest BCUT2D eigenvalue weighted by Gasteiger charge is -2.09. The molecule has 6 aromatic rings. The average molecular weight is 543 g/mol. The summed E-state index contributed by atoms with van der Waals surface area (Å²) in [6, 6.07) is 29.4. The molecule has 0 saturated heterocycles. The number of fused-ring (bicyclic) bond motifs is 2. The van der Waals surface area contributed by atoms with Crippen molar-refractivity contribution in [3.05, 3.63) is 122 Å². The number of pyridine rings is 4. The van der Waals surface area contributed by atoms with E-state index in [1.54, 1.807) is 55.1 Å². The van der Waals surface area contributed by atoms with Crippen LogP contribution in [-0.4, -0.2) is 38.5 Å². The first-order valence-electron chi connectivity index (χ1n) is 12.4. The van der Waals surface area contributed by atoms with E-state index in [9.17, 15) is 9.59 Å². The van der Waals surface area contributed by atoms with Gasteiger partial charge in [-0.2, -0.15) is 0 Å². The number of anilines is 3. The van der Waals surface area contributed by atoms with E-state index in [0.717, 1.165) is 27.5 Å². The lowest BCUT2D eigenvalue weighted by atomic mass is 10.2. The first kappa shape index (κ1) is 28.0. The molecular weight excluding hydrogens is 516 g/mol. The molecule has 2 amide bonds. The largest absolute Gasteiger partial charge is 0.398 e. The average Bonchev–Trinajstić information content (AvgIpc) is 3.02. The summed E-state index contributed by atoms with van der Waals surface area (Å²) in [6.07, 6.45) is 8.42. The van der Waals surface area contributed by atoms with E-state index in [1.807, 2.05) is 66.7 Å². The fourth-order valence-electron chi connectivity index (χ4n) is 3.57. The van der Waals surface area contributed by atoms with Gasteiger partial charge in [0.25, 0.3) is 0 Å². The Hall–Kier alpha value is -6.03. The van der Waals surface area contributed by atoms with Crippen molar-refractivity contribution in [3.63, 3.8) is 0 Å². The first-order chi connectivity index (χ1) is 20.1. The number of amides is 2. The number of carbonyl (C=O) groups excluding carboxylic acids is 2. The van der Waals surface area contributed by atoms with Crippen LogP contribution in [0.4, 0.5) is 27.8 Å². The van der Waals surface area contributed by atoms with Crippen molar-refractivity contribution in [2.24, 2.45) is 4.99 Å². The highest BCUT2D eigenvalue weighted by molar-refractivity contribution is 6.13. The van der Waals surface area contributed by atoms with Crippen LogP contribution in [0.3, 0.4) is 0 Å². The molecule has 0 spiro atoms. The van der Waals surface area contributed by atoms with E-state index in [0.29, 0.717) is 23.6 Å². The lowest BCUT2D eigenvalue weighted by molar-refractivity contribution is -0.102. The van der Waals surface area contributed by atoms with Gasteiger partial charge in [0, 0.05) is 41.2 Å². The highest BCUT2D eigenvalue weighted by Gasteiger charge is 2.06. The number of aromatic nitrogens is 4. The zero-order valence-corrected chi connectivity index (χ0v) is 21.8. The number of para-hydroxylation sites is 2. The molecule has 0 atom stereocenters. The number of hydrogen-bond donors (Lipinski definition) is 3. The molecule has 2 aromatic carbocycles. The number of aldehydes is 1. The number of carbonyl (C=O) groups is 2. The minimum Gasteiger partial charge on any atom is -0.398 e. The fraction of sp³-hybridized carbons (Fsp3) is 0. The normalized spacial score (nSPS) is 10.1. The summed E-state index contributed by atoms with van der Waals surface area (Å²) < 4.78 is 0. The van der Waals surface area contributed by atoms with Crippen molar-refractivity contribution in [2.75, 3.05) is 16.4 Å². The third-order valence-corrected chi connectivity index (χ3v) is 5.40. The van der Waals surface area contributed by atoms with E-state index >= 15 is 0 Å². The number of hydrogen-bond acceptors (Lipinski definition) is 8. The molecule has 10 heteroatoms. The van der Waals surface area contributed by atoms with Gasteiger partial charge in [0.1, 0.15) is 5.82 Å². The third kappa shape index (κ3) is 8.48. The zero-order valence-electron chi connectivity index (χ0n) is 21.8. The van der Waals surface area contributed by atoms with Crippen LogP contribution < -0.4 is 16.4 Å². The molecule has 10 nitrogen and oxygen atoms in total. The van der Waals surface area contributed by atoms with Gasteiger partial charge in [-0.05, 0) is 48.5 Å². The quantitative estimate of drug-likeness (QED) is 0.181. The second kappa shape index (κ2) is 14.8. The number of nitrogens with zero attached hydrogens (tertiary/aromatic N) is 5. The highest BCUT2D eigenvalue weighted by Crippen LogP contribution is 2.21. The van der Waals surface area contributed by atoms with Gasteiger partial charge in [-0.1, -0.05) is 48.5 Å². The summed E-state index contributed by atoms with van der Waals surface area (Å²) >= 11 is 0. The number of nitrogen functional groups attached to an aromatic ring is 1. The molecule has 0 fully saturated rings. The second-order valence-electron chi connectivity index (χ2n) is 8.19. The van der Waals surface area contributed by atoms with Crippen LogP contribution in [-0.2, 0) is 4.79 Å². The van der Waals surface area contributed by atoms with Crippen molar-refractivity contribution in [1.82, 2.24) is 19.9 Å². The van der Waals surface area contributed by atoms with Crippen molar-refractivity contribution in [1.29, 1.82) is 0 Å². The van der Waals surface area contributed by atoms with E-state index in [4.69, 9.17) is 5.73 Å². The molecule has 4 aromatic heterocycles. The highest BCUT2D eigenvalue weighted by atomic mass is 16.2. The maximum atomic E-state index is 11.9. The summed E-state index contributed by atoms with van der Waals surface area (Å²) in [5.41, 5.74) is 9.00. The van der Waals surface area contributed by atoms with Crippen LogP contribution in [0.15, 0.2) is 127 Å². The molecule has 0 aliphatic rings. The number of benzene rings is 2. The van der Waals surface area contributed by atoms with Crippen LogP contribution in [0.25, 0.3) is 21.8 Å². The Morgan fingerprint density at radius 2 is 1.29 bits per heavy atom. The lowest BCUT2D eigenvalue weighted by Crippen LogP contribution is -2.20. The molecule has 41 heavy (non-hydrogen) atoms. The maximum absolute atomic E-state index is 11.9.